The number of halogens is 2. The van der Waals surface area contributed by atoms with E-state index in [1.165, 1.54) is 10.4 Å². The number of anilines is 2. The maximum absolute atomic E-state index is 14.8. The topological polar surface area (TPSA) is 87.2 Å². The lowest BCUT2D eigenvalue weighted by Crippen LogP contribution is -2.56. The summed E-state index contributed by atoms with van der Waals surface area (Å²) in [4.78, 5) is 13.5. The third-order valence-electron chi connectivity index (χ3n) is 7.42. The first-order valence-corrected chi connectivity index (χ1v) is 13.0. The first-order chi connectivity index (χ1) is 17.2. The van der Waals surface area contributed by atoms with Gasteiger partial charge in [0.15, 0.2) is 11.6 Å². The zero-order valence-corrected chi connectivity index (χ0v) is 20.1. The van der Waals surface area contributed by atoms with Gasteiger partial charge in [0.1, 0.15) is 23.4 Å². The fourth-order valence-corrected chi connectivity index (χ4v) is 6.90. The second-order valence-electron chi connectivity index (χ2n) is 9.32. The largest absolute Gasteiger partial charge is 0.488 e. The van der Waals surface area contributed by atoms with Crippen molar-refractivity contribution in [3.63, 3.8) is 0 Å². The molecule has 0 aromatic heterocycles. The number of benzene rings is 3. The van der Waals surface area contributed by atoms with E-state index in [1.807, 2.05) is 35.2 Å². The van der Waals surface area contributed by atoms with Gasteiger partial charge >= 0.3 is 5.97 Å². The number of sulfonamides is 1. The van der Waals surface area contributed by atoms with E-state index in [0.717, 1.165) is 31.0 Å². The molecule has 10 heteroatoms. The van der Waals surface area contributed by atoms with E-state index in [2.05, 4.69) is 0 Å². The highest BCUT2D eigenvalue weighted by Gasteiger charge is 2.47. The molecule has 0 radical (unpaired) electrons. The Labute approximate surface area is 206 Å². The highest BCUT2D eigenvalue weighted by atomic mass is 32.2. The molecule has 6 rings (SSSR count). The summed E-state index contributed by atoms with van der Waals surface area (Å²) in [6, 6.07) is 13.5. The highest BCUT2D eigenvalue weighted by Crippen LogP contribution is 2.51. The lowest BCUT2D eigenvalue weighted by atomic mass is 9.82. The van der Waals surface area contributed by atoms with Crippen molar-refractivity contribution < 1.29 is 31.8 Å². The van der Waals surface area contributed by atoms with Gasteiger partial charge < -0.3 is 14.7 Å². The Morgan fingerprint density at radius 3 is 2.42 bits per heavy atom. The van der Waals surface area contributed by atoms with Crippen LogP contribution in [0.2, 0.25) is 0 Å². The van der Waals surface area contributed by atoms with Crippen molar-refractivity contribution in [3.05, 3.63) is 71.3 Å². The van der Waals surface area contributed by atoms with Crippen LogP contribution in [0.4, 0.5) is 20.2 Å². The van der Waals surface area contributed by atoms with Crippen molar-refractivity contribution in [1.82, 2.24) is 4.31 Å². The third-order valence-corrected chi connectivity index (χ3v) is 9.28. The number of ether oxygens (including phenoxy) is 1. The number of rotatable bonds is 3. The Morgan fingerprint density at radius 1 is 1.06 bits per heavy atom. The molecule has 0 amide bonds. The zero-order chi connectivity index (χ0) is 25.4. The summed E-state index contributed by atoms with van der Waals surface area (Å²) >= 11 is 0. The van der Waals surface area contributed by atoms with Crippen LogP contribution in [0.15, 0.2) is 53.4 Å². The quantitative estimate of drug-likeness (QED) is 0.524. The first kappa shape index (κ1) is 22.9. The van der Waals surface area contributed by atoms with E-state index in [-0.39, 0.29) is 39.9 Å². The predicted octanol–water partition coefficient (Wildman–Crippen LogP) is 5.12. The Bertz CT molecular complexity index is 1520. The van der Waals surface area contributed by atoms with Crippen molar-refractivity contribution in [2.75, 3.05) is 11.9 Å². The Kier molecular flexibility index (Phi) is 5.10. The summed E-state index contributed by atoms with van der Waals surface area (Å²) in [5.41, 5.74) is 0.560. The van der Waals surface area contributed by atoms with Crippen LogP contribution in [0.3, 0.4) is 0 Å². The number of carboxylic acid groups (broad SMARTS) is 1. The Hall–Kier alpha value is -3.50. The smallest absolute Gasteiger partial charge is 0.338 e. The number of hydrogen-bond acceptors (Lipinski definition) is 5. The molecule has 3 aromatic carbocycles. The summed E-state index contributed by atoms with van der Waals surface area (Å²) in [5, 5.41) is 9.37. The predicted molar refractivity (Wildman–Crippen MR) is 128 cm³/mol. The fourth-order valence-electron chi connectivity index (χ4n) is 5.35. The molecule has 1 saturated carbocycles. The fraction of sp³-hybridized carbons (Fsp3) is 0.269. The molecular formula is C26H22F2N2O5S. The SMILES string of the molecule is CN1[C@H](C2CCC2)N(c2ccccc2)c2cc3c(cc2S1(=O)=O)-c1cc(C(=O)O)c(F)c(F)c1CO3. The van der Waals surface area contributed by atoms with Crippen molar-refractivity contribution in [3.8, 4) is 16.9 Å². The lowest BCUT2D eigenvalue weighted by molar-refractivity contribution is 0.0690. The number of fused-ring (bicyclic) bond motifs is 4. The Morgan fingerprint density at radius 2 is 1.78 bits per heavy atom. The molecule has 1 N–H and O–H groups in total. The number of para-hydroxylation sites is 1. The van der Waals surface area contributed by atoms with Crippen LogP contribution in [0.1, 0.15) is 35.2 Å². The third kappa shape index (κ3) is 3.17. The maximum Gasteiger partial charge on any atom is 0.338 e. The molecule has 36 heavy (non-hydrogen) atoms. The van der Waals surface area contributed by atoms with Crippen LogP contribution in [-0.4, -0.2) is 37.0 Å². The van der Waals surface area contributed by atoms with Crippen LogP contribution >= 0.6 is 0 Å². The standard InChI is InChI=1S/C26H22F2N2O5S/c1-29-25(14-6-5-7-14)30(15-8-3-2-4-9-15)20-12-21-17(11-22(20)36(29,33)34)16-10-18(26(31)32)23(27)24(28)19(16)13-35-21/h2-4,8-12,14,25H,5-7,13H2,1H3,(H,31,32)/t25-/m0/s1. The van der Waals surface area contributed by atoms with Gasteiger partial charge in [-0.1, -0.05) is 24.6 Å². The van der Waals surface area contributed by atoms with Gasteiger partial charge in [-0.25, -0.2) is 22.0 Å². The van der Waals surface area contributed by atoms with Crippen molar-refractivity contribution in [2.45, 2.75) is 36.9 Å². The summed E-state index contributed by atoms with van der Waals surface area (Å²) < 4.78 is 63.8. The van der Waals surface area contributed by atoms with E-state index >= 15 is 0 Å². The molecule has 1 atom stereocenters. The van der Waals surface area contributed by atoms with Gasteiger partial charge in [0.25, 0.3) is 0 Å². The number of carbonyl (C=O) groups is 1. The normalized spacial score (nSPS) is 20.5. The van der Waals surface area contributed by atoms with Gasteiger partial charge in [0.05, 0.1) is 11.3 Å². The molecule has 1 fully saturated rings. The molecule has 2 heterocycles. The average molecular weight is 513 g/mol. The molecular weight excluding hydrogens is 490 g/mol. The molecule has 0 spiro atoms. The first-order valence-electron chi connectivity index (χ1n) is 11.6. The monoisotopic (exact) mass is 512 g/mol. The van der Waals surface area contributed by atoms with Gasteiger partial charge in [-0.05, 0) is 48.6 Å². The van der Waals surface area contributed by atoms with E-state index in [9.17, 15) is 27.1 Å². The van der Waals surface area contributed by atoms with E-state index in [0.29, 0.717) is 5.69 Å². The van der Waals surface area contributed by atoms with Crippen LogP contribution in [0.5, 0.6) is 5.75 Å². The molecule has 1 aliphatic carbocycles. The minimum absolute atomic E-state index is 0.0127. The molecule has 0 saturated heterocycles. The number of carboxylic acids is 1. The number of aromatic carboxylic acids is 1. The summed E-state index contributed by atoms with van der Waals surface area (Å²) in [6.45, 7) is -0.312. The molecule has 186 valence electrons. The zero-order valence-electron chi connectivity index (χ0n) is 19.2. The molecule has 3 aliphatic rings. The van der Waals surface area contributed by atoms with Crippen LogP contribution in [-0.2, 0) is 16.6 Å². The minimum atomic E-state index is -3.96. The van der Waals surface area contributed by atoms with Gasteiger partial charge in [-0.15, -0.1) is 0 Å². The summed E-state index contributed by atoms with van der Waals surface area (Å²) in [5.74, 6) is -3.99. The van der Waals surface area contributed by atoms with E-state index in [4.69, 9.17) is 4.74 Å². The molecule has 7 nitrogen and oxygen atoms in total. The maximum atomic E-state index is 14.8. The van der Waals surface area contributed by atoms with Crippen LogP contribution < -0.4 is 9.64 Å². The second-order valence-corrected chi connectivity index (χ2v) is 11.3. The van der Waals surface area contributed by atoms with E-state index < -0.39 is 39.4 Å². The Balaban J connectivity index is 1.62. The molecule has 0 bridgehead atoms. The molecule has 2 aliphatic heterocycles. The molecule has 0 unspecified atom stereocenters. The molecule has 3 aromatic rings. The average Bonchev–Trinajstić information content (AvgIpc) is 2.83. The highest BCUT2D eigenvalue weighted by molar-refractivity contribution is 7.89. The van der Waals surface area contributed by atoms with Gasteiger partial charge in [0.2, 0.25) is 10.0 Å². The van der Waals surface area contributed by atoms with Gasteiger partial charge in [0, 0.05) is 29.9 Å². The lowest BCUT2D eigenvalue weighted by Gasteiger charge is -2.49. The van der Waals surface area contributed by atoms with Crippen LogP contribution in [0.25, 0.3) is 11.1 Å². The minimum Gasteiger partial charge on any atom is -0.488 e. The van der Waals surface area contributed by atoms with E-state index in [1.54, 1.807) is 13.1 Å². The van der Waals surface area contributed by atoms with Gasteiger partial charge in [-0.3, -0.25) is 0 Å². The summed E-state index contributed by atoms with van der Waals surface area (Å²) in [7, 11) is -2.41. The van der Waals surface area contributed by atoms with Crippen molar-refractivity contribution in [1.29, 1.82) is 0 Å². The van der Waals surface area contributed by atoms with Crippen molar-refractivity contribution in [2.24, 2.45) is 5.92 Å². The van der Waals surface area contributed by atoms with Crippen molar-refractivity contribution >= 4 is 27.4 Å². The second kappa shape index (κ2) is 8.01. The van der Waals surface area contributed by atoms with Crippen LogP contribution in [0, 0.1) is 17.6 Å². The number of hydrogen-bond donors (Lipinski definition) is 1. The number of nitrogens with zero attached hydrogens (tertiary/aromatic N) is 2. The van der Waals surface area contributed by atoms with Gasteiger partial charge in [-0.2, -0.15) is 4.31 Å². The summed E-state index contributed by atoms with van der Waals surface area (Å²) in [6.07, 6.45) is 2.40.